The summed E-state index contributed by atoms with van der Waals surface area (Å²) in [7, 11) is 6.63. The summed E-state index contributed by atoms with van der Waals surface area (Å²) < 4.78 is 48.2. The van der Waals surface area contributed by atoms with Gasteiger partial charge in [-0.1, -0.05) is 18.5 Å². The smallest absolute Gasteiger partial charge is 0.433 e. The summed E-state index contributed by atoms with van der Waals surface area (Å²) in [4.78, 5) is 62.7. The number of hydrogen-bond acceptors (Lipinski definition) is 11. The molecule has 3 heterocycles. The lowest BCUT2D eigenvalue weighted by atomic mass is 10.00. The molecule has 3 aromatic rings. The molecule has 58 heavy (non-hydrogen) atoms. The zero-order valence-electron chi connectivity index (χ0n) is 33.7. The number of anilines is 3. The second-order valence-electron chi connectivity index (χ2n) is 14.9. The Labute approximate surface area is 339 Å². The topological polar surface area (TPSA) is 182 Å². The average Bonchev–Trinajstić information content (AvgIpc) is 3.53. The normalized spacial score (nSPS) is 14.3. The number of amides is 4. The van der Waals surface area contributed by atoms with E-state index >= 15 is 0 Å². The molecule has 2 aromatic heterocycles. The van der Waals surface area contributed by atoms with E-state index in [1.165, 1.54) is 49.3 Å². The van der Waals surface area contributed by atoms with Gasteiger partial charge in [-0.2, -0.15) is 13.2 Å². The third-order valence-corrected chi connectivity index (χ3v) is 9.40. The van der Waals surface area contributed by atoms with Gasteiger partial charge in [-0.05, 0) is 84.6 Å². The summed E-state index contributed by atoms with van der Waals surface area (Å²) in [6.07, 6.45) is -2.33. The second kappa shape index (κ2) is 18.8. The number of carbonyl (C=O) groups is 4. The number of imidazole rings is 1. The van der Waals surface area contributed by atoms with E-state index in [-0.39, 0.29) is 57.2 Å². The molecular formula is C38H49ClF3N11O5. The molecule has 4 amide bonds. The molecule has 1 saturated heterocycles. The molecule has 314 valence electrons. The zero-order valence-corrected chi connectivity index (χ0v) is 34.5. The van der Waals surface area contributed by atoms with E-state index in [2.05, 4.69) is 25.8 Å². The fourth-order valence-electron chi connectivity index (χ4n) is 5.96. The van der Waals surface area contributed by atoms with E-state index in [1.54, 1.807) is 30.6 Å². The number of rotatable bonds is 13. The van der Waals surface area contributed by atoms with Gasteiger partial charge in [-0.25, -0.2) is 9.78 Å². The minimum absolute atomic E-state index is 0.0304. The lowest BCUT2D eigenvalue weighted by Gasteiger charge is -2.36. The van der Waals surface area contributed by atoms with Crippen molar-refractivity contribution >= 4 is 64.0 Å². The third-order valence-electron chi connectivity index (χ3n) is 9.09. The number of aromatic nitrogens is 4. The molecule has 4 rings (SSSR count). The lowest BCUT2D eigenvalue weighted by molar-refractivity contribution is -0.137. The molecule has 20 heteroatoms. The quantitative estimate of drug-likeness (QED) is 0.179. The SMILES string of the molecule is CCC(CCN(C)C)C(=O)N1CCN(C(=O)c2ccc(NC(=O)c3ncc(C(=CN(C)c4ccc(NC(=O)OC(C)(C)C)nn4)C(=N)C(F)(F)F)n3C)cc2Cl)CC1. The molecule has 1 atom stereocenters. The Balaban J connectivity index is 1.45. The Morgan fingerprint density at radius 1 is 1.00 bits per heavy atom. The Morgan fingerprint density at radius 3 is 2.21 bits per heavy atom. The maximum absolute atomic E-state index is 14.0. The Bertz CT molecular complexity index is 2020. The molecule has 0 bridgehead atoms. The van der Waals surface area contributed by atoms with Crippen molar-refractivity contribution in [2.75, 3.05) is 69.4 Å². The van der Waals surface area contributed by atoms with Gasteiger partial charge in [0.15, 0.2) is 17.5 Å². The van der Waals surface area contributed by atoms with Crippen molar-refractivity contribution < 1.29 is 37.1 Å². The second-order valence-corrected chi connectivity index (χ2v) is 15.3. The number of allylic oxidation sites excluding steroid dienone is 1. The molecule has 0 radical (unpaired) electrons. The van der Waals surface area contributed by atoms with Crippen LogP contribution in [0.25, 0.3) is 5.57 Å². The summed E-state index contributed by atoms with van der Waals surface area (Å²) >= 11 is 6.52. The van der Waals surface area contributed by atoms with Crippen molar-refractivity contribution in [3.8, 4) is 0 Å². The molecule has 1 fully saturated rings. The van der Waals surface area contributed by atoms with E-state index in [4.69, 9.17) is 21.7 Å². The van der Waals surface area contributed by atoms with Crippen molar-refractivity contribution in [3.63, 3.8) is 0 Å². The predicted molar refractivity (Wildman–Crippen MR) is 214 cm³/mol. The van der Waals surface area contributed by atoms with Crippen LogP contribution in [0.4, 0.5) is 35.3 Å². The largest absolute Gasteiger partial charge is 0.444 e. The summed E-state index contributed by atoms with van der Waals surface area (Å²) in [5, 5.41) is 20.9. The number of ether oxygens (including phenoxy) is 1. The summed E-state index contributed by atoms with van der Waals surface area (Å²) in [6, 6.07) is 7.05. The predicted octanol–water partition coefficient (Wildman–Crippen LogP) is 5.78. The van der Waals surface area contributed by atoms with Crippen molar-refractivity contribution in [1.29, 1.82) is 5.41 Å². The van der Waals surface area contributed by atoms with Crippen LogP contribution in [-0.2, 0) is 16.6 Å². The van der Waals surface area contributed by atoms with Gasteiger partial charge in [0.25, 0.3) is 11.8 Å². The molecule has 1 aliphatic heterocycles. The minimum atomic E-state index is -5.07. The fraction of sp³-hybridized carbons (Fsp3) is 0.474. The van der Waals surface area contributed by atoms with Crippen LogP contribution < -0.4 is 15.5 Å². The Hall–Kier alpha value is -5.56. The minimum Gasteiger partial charge on any atom is -0.444 e. The highest BCUT2D eigenvalue weighted by Crippen LogP contribution is 2.30. The highest BCUT2D eigenvalue weighted by Gasteiger charge is 2.39. The maximum atomic E-state index is 14.0. The van der Waals surface area contributed by atoms with Crippen LogP contribution in [-0.4, -0.2) is 130 Å². The molecular weight excluding hydrogens is 783 g/mol. The first-order chi connectivity index (χ1) is 27.1. The highest BCUT2D eigenvalue weighted by atomic mass is 35.5. The van der Waals surface area contributed by atoms with Crippen molar-refractivity contribution in [2.45, 2.75) is 52.3 Å². The van der Waals surface area contributed by atoms with Crippen molar-refractivity contribution in [2.24, 2.45) is 13.0 Å². The lowest BCUT2D eigenvalue weighted by Crippen LogP contribution is -2.52. The molecule has 3 N–H and O–H groups in total. The first-order valence-corrected chi connectivity index (χ1v) is 18.8. The van der Waals surface area contributed by atoms with Gasteiger partial charge >= 0.3 is 12.3 Å². The molecule has 1 aromatic carbocycles. The summed E-state index contributed by atoms with van der Waals surface area (Å²) in [6.45, 7) is 9.29. The number of nitrogens with zero attached hydrogens (tertiary/aromatic N) is 8. The Kier molecular flexibility index (Phi) is 14.6. The monoisotopic (exact) mass is 831 g/mol. The van der Waals surface area contributed by atoms with E-state index in [0.717, 1.165) is 36.4 Å². The van der Waals surface area contributed by atoms with Crippen LogP contribution in [0, 0.1) is 11.3 Å². The van der Waals surface area contributed by atoms with Crippen LogP contribution >= 0.6 is 11.6 Å². The standard InChI is InChI=1S/C38H49ClF3N11O5/c1-9-23(14-15-49(5)6)34(55)52-16-18-53(19-17-52)35(56)25-11-10-24(20-27(25)39)45-33(54)32-44-21-28(51(32)8)26(31(43)38(40,41)42)22-50(7)30-13-12-29(47-48-30)46-36(57)58-37(2,3)4/h10-13,20-23,43H,9,14-19H2,1-8H3,(H,45,54)(H,46,47,57). The van der Waals surface area contributed by atoms with Crippen molar-refractivity contribution in [1.82, 2.24) is 34.4 Å². The number of piperazine rings is 1. The number of alkyl halides is 3. The molecule has 16 nitrogen and oxygen atoms in total. The first kappa shape index (κ1) is 45.1. The van der Waals surface area contributed by atoms with E-state index in [0.29, 0.717) is 26.2 Å². The Morgan fingerprint density at radius 2 is 1.66 bits per heavy atom. The van der Waals surface area contributed by atoms with Gasteiger partial charge in [0, 0.05) is 63.7 Å². The van der Waals surface area contributed by atoms with Gasteiger partial charge in [-0.3, -0.25) is 25.1 Å². The maximum Gasteiger partial charge on any atom is 0.433 e. The molecule has 0 spiro atoms. The van der Waals surface area contributed by atoms with Gasteiger partial charge < -0.3 is 34.2 Å². The number of nitrogens with one attached hydrogen (secondary N) is 3. The van der Waals surface area contributed by atoms with E-state index < -0.39 is 35.1 Å². The van der Waals surface area contributed by atoms with Crippen LogP contribution in [0.5, 0.6) is 0 Å². The number of halogens is 4. The fourth-order valence-corrected chi connectivity index (χ4v) is 6.22. The molecule has 1 unspecified atom stereocenters. The highest BCUT2D eigenvalue weighted by molar-refractivity contribution is 6.34. The van der Waals surface area contributed by atoms with Crippen LogP contribution in [0.2, 0.25) is 5.02 Å². The van der Waals surface area contributed by atoms with Gasteiger partial charge in [0.2, 0.25) is 5.91 Å². The number of hydrogen-bond donors (Lipinski definition) is 3. The van der Waals surface area contributed by atoms with Gasteiger partial charge in [-0.15, -0.1) is 10.2 Å². The number of carbonyl (C=O) groups excluding carboxylic acids is 4. The third kappa shape index (κ3) is 11.7. The molecule has 0 aliphatic carbocycles. The van der Waals surface area contributed by atoms with Crippen molar-refractivity contribution in [3.05, 3.63) is 64.8 Å². The first-order valence-electron chi connectivity index (χ1n) is 18.4. The van der Waals surface area contributed by atoms with Crippen LogP contribution in [0.3, 0.4) is 0 Å². The zero-order chi connectivity index (χ0) is 43.1. The van der Waals surface area contributed by atoms with E-state index in [1.807, 2.05) is 25.9 Å². The summed E-state index contributed by atoms with van der Waals surface area (Å²) in [5.74, 6) is -1.33. The van der Waals surface area contributed by atoms with E-state index in [9.17, 15) is 32.3 Å². The van der Waals surface area contributed by atoms with Gasteiger partial charge in [0.1, 0.15) is 11.3 Å². The molecule has 1 aliphatic rings. The van der Waals surface area contributed by atoms with Crippen LogP contribution in [0.1, 0.15) is 67.2 Å². The van der Waals surface area contributed by atoms with Gasteiger partial charge in [0.05, 0.1) is 22.5 Å². The number of benzene rings is 1. The van der Waals surface area contributed by atoms with Crippen LogP contribution in [0.15, 0.2) is 42.7 Å². The molecule has 0 saturated carbocycles. The average molecular weight is 832 g/mol. The summed E-state index contributed by atoms with van der Waals surface area (Å²) in [5.41, 5.74) is -2.93.